The Kier molecular flexibility index (Phi) is 8.17. The first-order valence-corrected chi connectivity index (χ1v) is 13.3. The molecule has 0 spiro atoms. The number of allylic oxidation sites excluding steroid dienone is 2. The van der Waals surface area contributed by atoms with Crippen molar-refractivity contribution < 1.29 is 30.0 Å². The summed E-state index contributed by atoms with van der Waals surface area (Å²) >= 11 is 0. The van der Waals surface area contributed by atoms with Crippen LogP contribution in [-0.4, -0.2) is 15.9 Å². The van der Waals surface area contributed by atoms with Gasteiger partial charge in [-0.15, -0.1) is 23.3 Å². The zero-order valence-electron chi connectivity index (χ0n) is 24.1. The fourth-order valence-corrected chi connectivity index (χ4v) is 6.23. The van der Waals surface area contributed by atoms with E-state index in [-0.39, 0.29) is 37.1 Å². The van der Waals surface area contributed by atoms with Crippen LogP contribution in [0.2, 0.25) is 0 Å². The van der Waals surface area contributed by atoms with E-state index in [0.29, 0.717) is 0 Å². The zero-order chi connectivity index (χ0) is 28.1. The number of benzene rings is 4. The van der Waals surface area contributed by atoms with Crippen molar-refractivity contribution in [3.05, 3.63) is 112 Å². The number of carbonyl (C=O) groups excluding carboxylic acids is 1. The van der Waals surface area contributed by atoms with E-state index in [9.17, 15) is 4.79 Å². The van der Waals surface area contributed by atoms with Crippen LogP contribution in [0.5, 0.6) is 0 Å². The Morgan fingerprint density at radius 1 is 0.975 bits per heavy atom. The minimum Gasteiger partial charge on any atom is -0.512 e. The van der Waals surface area contributed by atoms with Crippen LogP contribution in [0.1, 0.15) is 55.5 Å². The zero-order valence-corrected chi connectivity index (χ0v) is 26.5. The van der Waals surface area contributed by atoms with Gasteiger partial charge in [0.1, 0.15) is 0 Å². The summed E-state index contributed by atoms with van der Waals surface area (Å²) in [5.74, 6) is -0.0625. The van der Waals surface area contributed by atoms with Crippen LogP contribution in [-0.2, 0) is 30.3 Å². The number of aromatic nitrogens is 1. The maximum absolute atomic E-state index is 10.0. The van der Waals surface area contributed by atoms with E-state index in [1.165, 1.54) is 75.0 Å². The molecule has 5 aromatic rings. The van der Waals surface area contributed by atoms with Gasteiger partial charge in [-0.1, -0.05) is 97.3 Å². The third kappa shape index (κ3) is 5.03. The standard InChI is InChI=1S/C31H26N.C5H8O2.Ir/c1-18-16-19(2)27-20(3)22(15-14-21(27)17-18)30-28-23-10-6-8-12-25(23)31(4,5)29(28)24-11-7-9-13-26(24)32-30;1-4(6)3-5(2)7;/h6-14,16-17H,1-5H3;3,6H,1-2H3;/q-1;;/b;4-3-;. The molecule has 1 N–H and O–H groups in total. The average Bonchev–Trinajstić information content (AvgIpc) is 3.11. The molecule has 0 saturated heterocycles. The van der Waals surface area contributed by atoms with Gasteiger partial charge in [0.25, 0.3) is 0 Å². The summed E-state index contributed by atoms with van der Waals surface area (Å²) in [4.78, 5) is 15.3. The molecule has 1 aliphatic carbocycles. The molecule has 0 fully saturated rings. The predicted octanol–water partition coefficient (Wildman–Crippen LogP) is 9.12. The number of carbonyl (C=O) groups is 1. The molecule has 3 nitrogen and oxygen atoms in total. The summed E-state index contributed by atoms with van der Waals surface area (Å²) < 4.78 is 0. The van der Waals surface area contributed by atoms with Gasteiger partial charge in [0.15, 0.2) is 5.78 Å². The number of fused-ring (bicyclic) bond motifs is 6. The molecule has 1 radical (unpaired) electrons. The van der Waals surface area contributed by atoms with Crippen LogP contribution < -0.4 is 0 Å². The molecular weight excluding hydrogens is 671 g/mol. The second-order valence-electron chi connectivity index (χ2n) is 11.1. The Labute approximate surface area is 250 Å². The molecule has 0 amide bonds. The fraction of sp³-hybridized carbons (Fsp3) is 0.222. The van der Waals surface area contributed by atoms with Gasteiger partial charge in [0.05, 0.1) is 11.3 Å². The summed E-state index contributed by atoms with van der Waals surface area (Å²) in [5, 5.41) is 12.2. The van der Waals surface area contributed by atoms with E-state index in [1.807, 2.05) is 0 Å². The van der Waals surface area contributed by atoms with Gasteiger partial charge >= 0.3 is 0 Å². The number of aliphatic hydroxyl groups excluding tert-OH is 1. The molecule has 1 aliphatic rings. The Hall–Kier alpha value is -3.59. The van der Waals surface area contributed by atoms with Crippen molar-refractivity contribution >= 4 is 27.5 Å². The second kappa shape index (κ2) is 11.1. The number of para-hydroxylation sites is 1. The van der Waals surface area contributed by atoms with Gasteiger partial charge in [-0.25, -0.2) is 0 Å². The molecule has 0 saturated carbocycles. The van der Waals surface area contributed by atoms with Gasteiger partial charge in [0.2, 0.25) is 0 Å². The molecule has 0 aliphatic heterocycles. The van der Waals surface area contributed by atoms with Crippen molar-refractivity contribution in [2.24, 2.45) is 0 Å². The Morgan fingerprint density at radius 2 is 1.65 bits per heavy atom. The molecule has 4 heteroatoms. The minimum atomic E-state index is -0.125. The van der Waals surface area contributed by atoms with Crippen LogP contribution >= 0.6 is 0 Å². The molecule has 40 heavy (non-hydrogen) atoms. The number of aliphatic hydroxyl groups is 1. The van der Waals surface area contributed by atoms with E-state index >= 15 is 0 Å². The Balaban J connectivity index is 0.000000413. The van der Waals surface area contributed by atoms with E-state index in [4.69, 9.17) is 10.1 Å². The third-order valence-corrected chi connectivity index (χ3v) is 7.67. The SMILES string of the molecule is CC(=O)/C=C(/C)O.Cc1cc(C)c2c(C)c(-c3nc4ccccc4c4c3-c3ccccc3C4(C)C)[c-]cc2c1.[Ir]. The number of aryl methyl sites for hydroxylation is 3. The minimum absolute atomic E-state index is 0. The second-order valence-corrected chi connectivity index (χ2v) is 11.1. The maximum Gasteiger partial charge on any atom is 0.155 e. The summed E-state index contributed by atoms with van der Waals surface area (Å²) in [6.07, 6.45) is 1.17. The first kappa shape index (κ1) is 29.4. The van der Waals surface area contributed by atoms with Crippen molar-refractivity contribution in [1.82, 2.24) is 4.98 Å². The molecule has 205 valence electrons. The smallest absolute Gasteiger partial charge is 0.155 e. The van der Waals surface area contributed by atoms with Gasteiger partial charge < -0.3 is 5.11 Å². The first-order valence-electron chi connectivity index (χ1n) is 13.3. The third-order valence-electron chi connectivity index (χ3n) is 7.67. The summed E-state index contributed by atoms with van der Waals surface area (Å²) in [5.41, 5.74) is 12.3. The number of rotatable bonds is 2. The number of hydrogen-bond donors (Lipinski definition) is 1. The molecule has 1 aromatic heterocycles. The molecule has 0 unspecified atom stereocenters. The number of pyridine rings is 1. The van der Waals surface area contributed by atoms with E-state index in [2.05, 4.69) is 107 Å². The topological polar surface area (TPSA) is 50.2 Å². The number of nitrogens with zero attached hydrogens (tertiary/aromatic N) is 1. The van der Waals surface area contributed by atoms with Crippen molar-refractivity contribution in [3.8, 4) is 22.4 Å². The Bertz CT molecular complexity index is 1810. The largest absolute Gasteiger partial charge is 0.512 e. The van der Waals surface area contributed by atoms with Gasteiger partial charge in [-0.05, 0) is 61.7 Å². The summed E-state index contributed by atoms with van der Waals surface area (Å²) in [6, 6.07) is 27.7. The van der Waals surface area contributed by atoms with E-state index < -0.39 is 0 Å². The average molecular weight is 705 g/mol. The molecule has 0 atom stereocenters. The normalized spacial score (nSPS) is 13.2. The predicted molar refractivity (Wildman–Crippen MR) is 162 cm³/mol. The molecule has 4 aromatic carbocycles. The summed E-state index contributed by atoms with van der Waals surface area (Å²) in [6.45, 7) is 14.1. The number of ketones is 1. The molecule has 0 bridgehead atoms. The van der Waals surface area contributed by atoms with E-state index in [1.54, 1.807) is 0 Å². The molecule has 1 heterocycles. The number of hydrogen-bond acceptors (Lipinski definition) is 3. The van der Waals surface area contributed by atoms with Crippen molar-refractivity contribution in [3.63, 3.8) is 0 Å². The maximum atomic E-state index is 10.0. The first-order chi connectivity index (χ1) is 18.5. The van der Waals surface area contributed by atoms with Gasteiger partial charge in [-0.3, -0.25) is 9.78 Å². The van der Waals surface area contributed by atoms with Crippen LogP contribution in [0.15, 0.2) is 78.6 Å². The van der Waals surface area contributed by atoms with Gasteiger partial charge in [-0.2, -0.15) is 0 Å². The molecular formula is C36H34IrNO2-. The van der Waals surface area contributed by atoms with E-state index in [0.717, 1.165) is 16.8 Å². The van der Waals surface area contributed by atoms with Crippen LogP contribution in [0, 0.1) is 26.8 Å². The van der Waals surface area contributed by atoms with Crippen molar-refractivity contribution in [2.45, 2.75) is 53.9 Å². The fourth-order valence-electron chi connectivity index (χ4n) is 6.23. The monoisotopic (exact) mass is 705 g/mol. The van der Waals surface area contributed by atoms with Gasteiger partial charge in [0, 0.05) is 37.0 Å². The quantitative estimate of drug-likeness (QED) is 0.113. The van der Waals surface area contributed by atoms with Crippen LogP contribution in [0.4, 0.5) is 0 Å². The summed E-state index contributed by atoms with van der Waals surface area (Å²) in [7, 11) is 0. The van der Waals surface area contributed by atoms with Crippen LogP contribution in [0.25, 0.3) is 44.1 Å². The van der Waals surface area contributed by atoms with Crippen molar-refractivity contribution in [1.29, 1.82) is 0 Å². The molecule has 6 rings (SSSR count). The van der Waals surface area contributed by atoms with Crippen molar-refractivity contribution in [2.75, 3.05) is 0 Å². The van der Waals surface area contributed by atoms with Crippen LogP contribution in [0.3, 0.4) is 0 Å². The Morgan fingerprint density at radius 3 is 2.33 bits per heavy atom.